The van der Waals surface area contributed by atoms with Crippen LogP contribution in [0.2, 0.25) is 0 Å². The molecule has 4 rings (SSSR count). The minimum atomic E-state index is -0.812. The van der Waals surface area contributed by atoms with Crippen molar-refractivity contribution in [2.75, 3.05) is 13.7 Å². The quantitative estimate of drug-likeness (QED) is 0.448. The molecule has 1 aromatic carbocycles. The topological polar surface area (TPSA) is 138 Å². The lowest BCUT2D eigenvalue weighted by atomic mass is 9.75. The minimum absolute atomic E-state index is 0.0103. The fourth-order valence-corrected chi connectivity index (χ4v) is 6.41. The summed E-state index contributed by atoms with van der Waals surface area (Å²) in [6, 6.07) is 4.89. The normalized spacial score (nSPS) is 29.8. The molecule has 2 amide bonds. The maximum atomic E-state index is 13.6. The van der Waals surface area contributed by atoms with Crippen LogP contribution in [0.3, 0.4) is 0 Å². The van der Waals surface area contributed by atoms with Crippen molar-refractivity contribution < 1.29 is 29.0 Å². The van der Waals surface area contributed by atoms with Gasteiger partial charge >= 0.3 is 5.97 Å². The maximum absolute atomic E-state index is 13.6. The molecular formula is C30H41N3O6. The van der Waals surface area contributed by atoms with Gasteiger partial charge < -0.3 is 25.2 Å². The van der Waals surface area contributed by atoms with E-state index in [0.29, 0.717) is 32.2 Å². The fourth-order valence-electron chi connectivity index (χ4n) is 6.41. The van der Waals surface area contributed by atoms with E-state index in [9.17, 15) is 24.8 Å². The summed E-state index contributed by atoms with van der Waals surface area (Å²) in [6.07, 6.45) is 4.67. The zero-order valence-corrected chi connectivity index (χ0v) is 23.6. The SMILES string of the molecule is COc1cc(C#N)c(OC2CCC(C)(C(=O)O)CC2)cc1C(=O)NC1[C@H]2CC[C@H](C2)[C@@H]1C(=O)NCC(C)(C)C. The number of carbonyl (C=O) groups excluding carboxylic acids is 2. The molecule has 3 aliphatic rings. The monoisotopic (exact) mass is 539 g/mol. The highest BCUT2D eigenvalue weighted by atomic mass is 16.5. The van der Waals surface area contributed by atoms with Crippen molar-refractivity contribution in [3.8, 4) is 17.6 Å². The molecule has 3 aliphatic carbocycles. The van der Waals surface area contributed by atoms with Crippen molar-refractivity contribution in [3.05, 3.63) is 23.3 Å². The third kappa shape index (κ3) is 6.15. The number of carboxylic acid groups (broad SMARTS) is 1. The number of hydrogen-bond acceptors (Lipinski definition) is 6. The summed E-state index contributed by atoms with van der Waals surface area (Å²) in [6.45, 7) is 8.53. The average molecular weight is 540 g/mol. The molecule has 212 valence electrons. The number of nitriles is 1. The van der Waals surface area contributed by atoms with Gasteiger partial charge in [0.25, 0.3) is 5.91 Å². The van der Waals surface area contributed by atoms with Crippen molar-refractivity contribution in [3.63, 3.8) is 0 Å². The maximum Gasteiger partial charge on any atom is 0.309 e. The zero-order valence-electron chi connectivity index (χ0n) is 23.6. The van der Waals surface area contributed by atoms with Crippen LogP contribution in [-0.4, -0.2) is 48.7 Å². The number of carbonyl (C=O) groups is 3. The number of rotatable bonds is 8. The van der Waals surface area contributed by atoms with Crippen LogP contribution in [0.15, 0.2) is 12.1 Å². The second-order valence-corrected chi connectivity index (χ2v) is 13.0. The number of hydrogen-bond donors (Lipinski definition) is 3. The summed E-state index contributed by atoms with van der Waals surface area (Å²) in [5, 5.41) is 25.5. The number of benzene rings is 1. The van der Waals surface area contributed by atoms with E-state index in [1.54, 1.807) is 13.0 Å². The molecule has 0 aromatic heterocycles. The number of fused-ring (bicyclic) bond motifs is 2. The molecular weight excluding hydrogens is 498 g/mol. The fraction of sp³-hybridized carbons (Fsp3) is 0.667. The molecule has 3 fully saturated rings. The number of carboxylic acids is 1. The van der Waals surface area contributed by atoms with Gasteiger partial charge in [-0.2, -0.15) is 5.26 Å². The Morgan fingerprint density at radius 1 is 1.10 bits per heavy atom. The predicted molar refractivity (Wildman–Crippen MR) is 144 cm³/mol. The van der Waals surface area contributed by atoms with Crippen LogP contribution in [0.1, 0.15) is 88.6 Å². The molecule has 1 aromatic rings. The molecule has 4 atom stereocenters. The van der Waals surface area contributed by atoms with Crippen LogP contribution in [0.4, 0.5) is 0 Å². The van der Waals surface area contributed by atoms with Crippen LogP contribution in [0.5, 0.6) is 11.5 Å². The van der Waals surface area contributed by atoms with Crippen molar-refractivity contribution >= 4 is 17.8 Å². The first-order chi connectivity index (χ1) is 18.3. The summed E-state index contributed by atoms with van der Waals surface area (Å²) in [4.78, 5) is 38.4. The Kier molecular flexibility index (Phi) is 8.15. The van der Waals surface area contributed by atoms with Crippen LogP contribution >= 0.6 is 0 Å². The highest BCUT2D eigenvalue weighted by Gasteiger charge is 2.51. The van der Waals surface area contributed by atoms with Gasteiger partial charge in [0.1, 0.15) is 17.6 Å². The van der Waals surface area contributed by atoms with Crippen molar-refractivity contribution in [1.29, 1.82) is 5.26 Å². The Labute approximate surface area is 230 Å². The van der Waals surface area contributed by atoms with Crippen LogP contribution < -0.4 is 20.1 Å². The van der Waals surface area contributed by atoms with E-state index in [-0.39, 0.29) is 69.8 Å². The zero-order chi connectivity index (χ0) is 28.5. The standard InChI is InChI=1S/C30H41N3O6/c1-29(2,3)16-32-27(35)24-17-6-7-18(12-17)25(24)33-26(34)21-14-22(19(15-31)13-23(21)38-5)39-20-8-10-30(4,11-9-20)28(36)37/h13-14,17-18,20,24-25H,6-12,16H2,1-5H3,(H,32,35)(H,33,34)(H,36,37)/t17-,18+,20?,24+,25?,30?/m1/s1. The van der Waals surface area contributed by atoms with Crippen molar-refractivity contribution in [1.82, 2.24) is 10.6 Å². The van der Waals surface area contributed by atoms with Gasteiger partial charge in [-0.05, 0) is 75.2 Å². The Bertz CT molecular complexity index is 1160. The summed E-state index contributed by atoms with van der Waals surface area (Å²) < 4.78 is 11.6. The Balaban J connectivity index is 1.52. The second-order valence-electron chi connectivity index (χ2n) is 13.0. The van der Waals surface area contributed by atoms with Gasteiger partial charge in [-0.3, -0.25) is 14.4 Å². The number of amides is 2. The highest BCUT2D eigenvalue weighted by molar-refractivity contribution is 5.98. The lowest BCUT2D eigenvalue weighted by molar-refractivity contribution is -0.150. The van der Waals surface area contributed by atoms with Gasteiger partial charge in [-0.15, -0.1) is 0 Å². The van der Waals surface area contributed by atoms with E-state index in [0.717, 1.165) is 19.3 Å². The van der Waals surface area contributed by atoms with E-state index in [4.69, 9.17) is 9.47 Å². The average Bonchev–Trinajstić information content (AvgIpc) is 3.50. The van der Waals surface area contributed by atoms with Crippen LogP contribution in [-0.2, 0) is 9.59 Å². The molecule has 1 unspecified atom stereocenters. The van der Waals surface area contributed by atoms with Crippen molar-refractivity contribution in [2.45, 2.75) is 84.8 Å². The molecule has 9 nitrogen and oxygen atoms in total. The largest absolute Gasteiger partial charge is 0.496 e. The Hall–Kier alpha value is -3.28. The highest BCUT2D eigenvalue weighted by Crippen LogP contribution is 2.49. The summed E-state index contributed by atoms with van der Waals surface area (Å²) in [5.74, 6) is -0.428. The molecule has 0 heterocycles. The van der Waals surface area contributed by atoms with Gasteiger partial charge in [-0.25, -0.2) is 0 Å². The lowest BCUT2D eigenvalue weighted by Crippen LogP contribution is -2.50. The Morgan fingerprint density at radius 3 is 2.36 bits per heavy atom. The minimum Gasteiger partial charge on any atom is -0.496 e. The first-order valence-corrected chi connectivity index (χ1v) is 14.0. The second kappa shape index (κ2) is 11.1. The Morgan fingerprint density at radius 2 is 1.77 bits per heavy atom. The predicted octanol–water partition coefficient (Wildman–Crippen LogP) is 4.29. The van der Waals surface area contributed by atoms with Gasteiger partial charge in [0.15, 0.2) is 0 Å². The molecule has 0 radical (unpaired) electrons. The third-order valence-electron chi connectivity index (χ3n) is 8.82. The molecule has 0 aliphatic heterocycles. The summed E-state index contributed by atoms with van der Waals surface area (Å²) in [7, 11) is 1.45. The molecule has 3 N–H and O–H groups in total. The molecule has 3 saturated carbocycles. The van der Waals surface area contributed by atoms with E-state index in [1.807, 2.05) is 0 Å². The number of methoxy groups -OCH3 is 1. The number of aliphatic carboxylic acids is 1. The summed E-state index contributed by atoms with van der Waals surface area (Å²) in [5.41, 5.74) is -0.328. The third-order valence-corrected chi connectivity index (χ3v) is 8.82. The van der Waals surface area contributed by atoms with Gasteiger partial charge in [0.05, 0.1) is 35.7 Å². The number of ether oxygens (including phenoxy) is 2. The van der Waals surface area contributed by atoms with E-state index >= 15 is 0 Å². The lowest BCUT2D eigenvalue weighted by Gasteiger charge is -2.34. The molecule has 9 heteroatoms. The van der Waals surface area contributed by atoms with Crippen LogP contribution in [0.25, 0.3) is 0 Å². The van der Waals surface area contributed by atoms with Gasteiger partial charge in [0, 0.05) is 18.7 Å². The van der Waals surface area contributed by atoms with E-state index in [2.05, 4.69) is 37.5 Å². The smallest absolute Gasteiger partial charge is 0.309 e. The molecule has 0 saturated heterocycles. The van der Waals surface area contributed by atoms with E-state index < -0.39 is 11.4 Å². The first-order valence-electron chi connectivity index (χ1n) is 14.0. The van der Waals surface area contributed by atoms with Crippen LogP contribution in [0, 0.1) is 39.9 Å². The summed E-state index contributed by atoms with van der Waals surface area (Å²) >= 11 is 0. The van der Waals surface area contributed by atoms with Crippen molar-refractivity contribution in [2.24, 2.45) is 28.6 Å². The molecule has 39 heavy (non-hydrogen) atoms. The van der Waals surface area contributed by atoms with Gasteiger partial charge in [0.2, 0.25) is 5.91 Å². The first kappa shape index (κ1) is 28.7. The van der Waals surface area contributed by atoms with E-state index in [1.165, 1.54) is 13.2 Å². The molecule has 2 bridgehead atoms. The van der Waals surface area contributed by atoms with Gasteiger partial charge in [-0.1, -0.05) is 20.8 Å². The molecule has 0 spiro atoms. The number of nitrogens with one attached hydrogen (secondary N) is 2. The number of nitrogens with zero attached hydrogens (tertiary/aromatic N) is 1.